The first kappa shape index (κ1) is 24.9. The summed E-state index contributed by atoms with van der Waals surface area (Å²) in [7, 11) is -2.93. The number of imidazole rings is 1. The topological polar surface area (TPSA) is 77.2 Å². The van der Waals surface area contributed by atoms with Gasteiger partial charge in [0.15, 0.2) is 11.5 Å². The molecule has 1 fully saturated rings. The number of aromatic nitrogens is 3. The maximum absolute atomic E-state index is 13.7. The molecule has 1 saturated heterocycles. The first-order valence-electron chi connectivity index (χ1n) is 10.9. The Balaban J connectivity index is 1.94. The predicted octanol–water partition coefficient (Wildman–Crippen LogP) is 4.10. The van der Waals surface area contributed by atoms with Crippen LogP contribution >= 0.6 is 7.14 Å². The lowest BCUT2D eigenvalue weighted by Crippen LogP contribution is -2.53. The summed E-state index contributed by atoms with van der Waals surface area (Å²) in [4.78, 5) is 31.1. The molecule has 0 atom stereocenters. The van der Waals surface area contributed by atoms with Crippen LogP contribution in [0.2, 0.25) is 0 Å². The highest BCUT2D eigenvalue weighted by Crippen LogP contribution is 2.45. The Morgan fingerprint density at radius 3 is 2.26 bits per heavy atom. The number of nitrogens with zero attached hydrogens (tertiary/aromatic N) is 4. The van der Waals surface area contributed by atoms with Gasteiger partial charge in [0.25, 0.3) is 5.91 Å². The van der Waals surface area contributed by atoms with Gasteiger partial charge >= 0.3 is 11.9 Å². The Morgan fingerprint density at radius 1 is 1.14 bits per heavy atom. The van der Waals surface area contributed by atoms with E-state index in [1.165, 1.54) is 32.4 Å². The number of hydrogen-bond acceptors (Lipinski definition) is 4. The standard InChI is InChI=1S/C23H23F4N4O3P/c1-4-35(34,5-2)18-10-11-28-20-19(18)30(17-12-29(13-17)21(32)14(3)24)22(33)31(20)16-8-6-15(7-9-16)23(25,26)27/h6-11,17H,3-5,12-13H2,1-2H3. The van der Waals surface area contributed by atoms with E-state index in [1.54, 1.807) is 19.9 Å². The minimum Gasteiger partial charge on any atom is -0.332 e. The quantitative estimate of drug-likeness (QED) is 0.284. The minimum atomic E-state index is -4.54. The molecule has 0 saturated carbocycles. The third kappa shape index (κ3) is 4.11. The molecule has 0 bridgehead atoms. The van der Waals surface area contributed by atoms with Crippen molar-refractivity contribution in [2.75, 3.05) is 25.4 Å². The van der Waals surface area contributed by atoms with E-state index in [2.05, 4.69) is 11.6 Å². The van der Waals surface area contributed by atoms with E-state index >= 15 is 0 Å². The number of likely N-dealkylation sites (tertiary alicyclic amines) is 1. The average molecular weight is 510 g/mol. The van der Waals surface area contributed by atoms with E-state index < -0.39 is 42.3 Å². The molecule has 0 unspecified atom stereocenters. The molecule has 0 aliphatic carbocycles. The van der Waals surface area contributed by atoms with Crippen molar-refractivity contribution >= 4 is 29.5 Å². The van der Waals surface area contributed by atoms with Gasteiger partial charge in [-0.1, -0.05) is 20.4 Å². The van der Waals surface area contributed by atoms with Crippen molar-refractivity contribution in [3.8, 4) is 5.69 Å². The molecule has 3 heterocycles. The van der Waals surface area contributed by atoms with Gasteiger partial charge in [0, 0.05) is 36.9 Å². The molecular formula is C23H23F4N4O3P. The zero-order chi connectivity index (χ0) is 25.7. The fraction of sp³-hybridized carbons (Fsp3) is 0.348. The molecule has 1 aromatic carbocycles. The van der Waals surface area contributed by atoms with E-state index in [1.807, 2.05) is 0 Å². The highest BCUT2D eigenvalue weighted by atomic mass is 31.2. The second-order valence-electron chi connectivity index (χ2n) is 8.33. The number of carbonyl (C=O) groups excluding carboxylic acids is 1. The predicted molar refractivity (Wildman–Crippen MR) is 125 cm³/mol. The Hall–Kier alpha value is -3.20. The van der Waals surface area contributed by atoms with Gasteiger partial charge in [0.1, 0.15) is 12.7 Å². The van der Waals surface area contributed by atoms with Gasteiger partial charge in [0.05, 0.1) is 17.3 Å². The number of carbonyl (C=O) groups is 1. The number of rotatable bonds is 6. The largest absolute Gasteiger partial charge is 0.416 e. The van der Waals surface area contributed by atoms with Crippen LogP contribution in [0.1, 0.15) is 25.5 Å². The third-order valence-corrected chi connectivity index (χ3v) is 9.68. The maximum atomic E-state index is 13.7. The highest BCUT2D eigenvalue weighted by molar-refractivity contribution is 7.72. The van der Waals surface area contributed by atoms with Crippen molar-refractivity contribution < 1.29 is 26.9 Å². The van der Waals surface area contributed by atoms with Crippen molar-refractivity contribution in [3.05, 3.63) is 65.0 Å². The van der Waals surface area contributed by atoms with Gasteiger partial charge < -0.3 is 9.46 Å². The summed E-state index contributed by atoms with van der Waals surface area (Å²) in [6.45, 7) is 6.60. The summed E-state index contributed by atoms with van der Waals surface area (Å²) in [6, 6.07) is 5.11. The number of fused-ring (bicyclic) bond motifs is 1. The van der Waals surface area contributed by atoms with Crippen LogP contribution in [-0.2, 0) is 15.5 Å². The number of hydrogen-bond donors (Lipinski definition) is 0. The van der Waals surface area contributed by atoms with Gasteiger partial charge in [-0.05, 0) is 30.3 Å². The second kappa shape index (κ2) is 8.78. The van der Waals surface area contributed by atoms with Gasteiger partial charge in [-0.2, -0.15) is 13.2 Å². The van der Waals surface area contributed by atoms with E-state index in [0.717, 1.165) is 12.1 Å². The molecule has 7 nitrogen and oxygen atoms in total. The first-order valence-corrected chi connectivity index (χ1v) is 13.0. The zero-order valence-electron chi connectivity index (χ0n) is 19.0. The lowest BCUT2D eigenvalue weighted by atomic mass is 10.1. The van der Waals surface area contributed by atoms with Crippen molar-refractivity contribution in [2.24, 2.45) is 0 Å². The third-order valence-electron chi connectivity index (χ3n) is 6.39. The molecule has 0 radical (unpaired) electrons. The van der Waals surface area contributed by atoms with E-state index in [4.69, 9.17) is 0 Å². The summed E-state index contributed by atoms with van der Waals surface area (Å²) < 4.78 is 68.7. The summed E-state index contributed by atoms with van der Waals surface area (Å²) in [5.74, 6) is -2.00. The van der Waals surface area contributed by atoms with Crippen molar-refractivity contribution in [1.29, 1.82) is 0 Å². The van der Waals surface area contributed by atoms with Crippen LogP contribution in [0.15, 0.2) is 53.7 Å². The van der Waals surface area contributed by atoms with E-state index in [-0.39, 0.29) is 24.4 Å². The molecule has 0 spiro atoms. The van der Waals surface area contributed by atoms with Crippen LogP contribution in [0.25, 0.3) is 16.9 Å². The maximum Gasteiger partial charge on any atom is 0.416 e. The molecule has 1 aliphatic heterocycles. The lowest BCUT2D eigenvalue weighted by Gasteiger charge is -2.39. The number of alkyl halides is 3. The summed E-state index contributed by atoms with van der Waals surface area (Å²) in [5.41, 5.74) is -0.860. The smallest absolute Gasteiger partial charge is 0.332 e. The van der Waals surface area contributed by atoms with Crippen molar-refractivity contribution in [1.82, 2.24) is 19.0 Å². The van der Waals surface area contributed by atoms with Crippen LogP contribution in [0.5, 0.6) is 0 Å². The Labute approximate surface area is 198 Å². The minimum absolute atomic E-state index is 0.0185. The Bertz CT molecular complexity index is 1410. The molecule has 0 N–H and O–H groups in total. The van der Waals surface area contributed by atoms with Crippen LogP contribution in [-0.4, -0.2) is 50.3 Å². The number of benzene rings is 1. The molecule has 35 heavy (non-hydrogen) atoms. The van der Waals surface area contributed by atoms with Crippen LogP contribution in [0.4, 0.5) is 17.6 Å². The van der Waals surface area contributed by atoms with E-state index in [0.29, 0.717) is 23.1 Å². The zero-order valence-corrected chi connectivity index (χ0v) is 19.9. The summed E-state index contributed by atoms with van der Waals surface area (Å²) in [5, 5.41) is 0.440. The summed E-state index contributed by atoms with van der Waals surface area (Å²) in [6.07, 6.45) is -2.46. The molecule has 4 rings (SSSR count). The number of pyridine rings is 1. The molecule has 3 aromatic rings. The highest BCUT2D eigenvalue weighted by Gasteiger charge is 2.38. The molecule has 1 amide bonds. The molecule has 1 aliphatic rings. The molecular weight excluding hydrogens is 487 g/mol. The average Bonchev–Trinajstić information content (AvgIpc) is 3.08. The Kier molecular flexibility index (Phi) is 6.25. The molecule has 2 aromatic heterocycles. The fourth-order valence-electron chi connectivity index (χ4n) is 4.34. The van der Waals surface area contributed by atoms with Crippen LogP contribution in [0.3, 0.4) is 0 Å². The number of amides is 1. The fourth-order valence-corrected chi connectivity index (χ4v) is 6.40. The van der Waals surface area contributed by atoms with E-state index in [9.17, 15) is 31.7 Å². The molecule has 12 heteroatoms. The number of halogens is 4. The monoisotopic (exact) mass is 510 g/mol. The Morgan fingerprint density at radius 2 is 1.74 bits per heavy atom. The summed E-state index contributed by atoms with van der Waals surface area (Å²) >= 11 is 0. The van der Waals surface area contributed by atoms with Gasteiger partial charge in [-0.25, -0.2) is 18.7 Å². The van der Waals surface area contributed by atoms with Crippen molar-refractivity contribution in [3.63, 3.8) is 0 Å². The SMILES string of the molecule is C=C(F)C(=O)N1CC(n2c(=O)n(-c3ccc(C(F)(F)F)cc3)c3nccc(P(=O)(CC)CC)c32)C1. The molecule has 186 valence electrons. The normalized spacial score (nSPS) is 14.9. The van der Waals surface area contributed by atoms with Gasteiger partial charge in [0.2, 0.25) is 0 Å². The van der Waals surface area contributed by atoms with Gasteiger partial charge in [-0.3, -0.25) is 9.36 Å². The van der Waals surface area contributed by atoms with Crippen LogP contribution < -0.4 is 11.0 Å². The van der Waals surface area contributed by atoms with Crippen molar-refractivity contribution in [2.45, 2.75) is 26.1 Å². The van der Waals surface area contributed by atoms with Gasteiger partial charge in [-0.15, -0.1) is 0 Å². The lowest BCUT2D eigenvalue weighted by molar-refractivity contribution is -0.137. The first-order chi connectivity index (χ1) is 16.4. The van der Waals surface area contributed by atoms with Crippen LogP contribution in [0, 0.1) is 0 Å². The second-order valence-corrected chi connectivity index (χ2v) is 11.9.